The van der Waals surface area contributed by atoms with E-state index in [1.54, 1.807) is 18.2 Å². The fraction of sp³-hybridized carbons (Fsp3) is 0.0714. The van der Waals surface area contributed by atoms with Crippen LogP contribution in [0.3, 0.4) is 0 Å². The van der Waals surface area contributed by atoms with E-state index >= 15 is 0 Å². The Morgan fingerprint density at radius 1 is 1.20 bits per heavy atom. The maximum absolute atomic E-state index is 14.1. The highest BCUT2D eigenvalue weighted by Gasteiger charge is 2.42. The van der Waals surface area contributed by atoms with E-state index in [4.69, 9.17) is 28.9 Å². The van der Waals surface area contributed by atoms with E-state index < -0.39 is 22.9 Å². The van der Waals surface area contributed by atoms with Crippen molar-refractivity contribution < 1.29 is 14.3 Å². The third-order valence-corrected chi connectivity index (χ3v) is 3.43. The van der Waals surface area contributed by atoms with Gasteiger partial charge in [-0.3, -0.25) is 4.79 Å². The molecule has 104 valence electrons. The molecule has 1 atom stereocenters. The largest absolute Gasteiger partial charge is 0.372 e. The summed E-state index contributed by atoms with van der Waals surface area (Å²) in [6.45, 7) is 0. The summed E-state index contributed by atoms with van der Waals surface area (Å²) in [4.78, 5) is 11.7. The first kappa shape index (κ1) is 14.8. The zero-order valence-corrected chi connectivity index (χ0v) is 11.6. The van der Waals surface area contributed by atoms with Gasteiger partial charge >= 0.3 is 0 Å². The van der Waals surface area contributed by atoms with E-state index in [0.29, 0.717) is 0 Å². The number of amides is 1. The van der Waals surface area contributed by atoms with Crippen LogP contribution in [0.15, 0.2) is 42.5 Å². The first-order valence-electron chi connectivity index (χ1n) is 5.60. The van der Waals surface area contributed by atoms with Gasteiger partial charge in [0.2, 0.25) is 0 Å². The lowest BCUT2D eigenvalue weighted by molar-refractivity contribution is -0.133. The van der Waals surface area contributed by atoms with Crippen LogP contribution in [0, 0.1) is 5.82 Å². The molecular formula is C14H10Cl2FNO2. The molecule has 0 saturated carbocycles. The molecule has 0 radical (unpaired) electrons. The lowest BCUT2D eigenvalue weighted by Crippen LogP contribution is -2.43. The molecule has 0 aliphatic heterocycles. The van der Waals surface area contributed by atoms with Crippen molar-refractivity contribution in [1.29, 1.82) is 0 Å². The van der Waals surface area contributed by atoms with Crippen LogP contribution < -0.4 is 5.73 Å². The predicted molar refractivity (Wildman–Crippen MR) is 75.1 cm³/mol. The van der Waals surface area contributed by atoms with Crippen molar-refractivity contribution in [3.8, 4) is 0 Å². The van der Waals surface area contributed by atoms with Gasteiger partial charge in [0.15, 0.2) is 5.60 Å². The smallest absolute Gasteiger partial charge is 0.259 e. The fourth-order valence-corrected chi connectivity index (χ4v) is 2.58. The molecular weight excluding hydrogens is 304 g/mol. The zero-order chi connectivity index (χ0) is 14.9. The second kappa shape index (κ2) is 5.40. The second-order valence-corrected chi connectivity index (χ2v) is 5.03. The van der Waals surface area contributed by atoms with Crippen LogP contribution in [-0.2, 0) is 10.4 Å². The first-order chi connectivity index (χ1) is 9.37. The third kappa shape index (κ3) is 2.38. The van der Waals surface area contributed by atoms with Crippen molar-refractivity contribution in [3.63, 3.8) is 0 Å². The molecule has 0 heterocycles. The molecule has 1 amide bonds. The number of hydrogen-bond donors (Lipinski definition) is 2. The molecule has 0 spiro atoms. The number of carbonyl (C=O) groups is 1. The molecule has 0 aliphatic carbocycles. The van der Waals surface area contributed by atoms with E-state index in [1.807, 2.05) is 0 Å². The van der Waals surface area contributed by atoms with Gasteiger partial charge in [0, 0.05) is 5.02 Å². The summed E-state index contributed by atoms with van der Waals surface area (Å²) in [5.74, 6) is -2.04. The maximum atomic E-state index is 14.1. The minimum atomic E-state index is -2.37. The third-order valence-electron chi connectivity index (χ3n) is 2.92. The van der Waals surface area contributed by atoms with Gasteiger partial charge in [-0.25, -0.2) is 4.39 Å². The van der Waals surface area contributed by atoms with Crippen molar-refractivity contribution in [2.45, 2.75) is 5.60 Å². The first-order valence-corrected chi connectivity index (χ1v) is 6.35. The number of benzene rings is 2. The van der Waals surface area contributed by atoms with E-state index in [2.05, 4.69) is 0 Å². The van der Waals surface area contributed by atoms with Crippen LogP contribution in [0.4, 0.5) is 4.39 Å². The Hall–Kier alpha value is -1.62. The van der Waals surface area contributed by atoms with Gasteiger partial charge in [0.1, 0.15) is 5.82 Å². The SMILES string of the molecule is NC(=O)C(O)(c1ccccc1)c1c(F)cc(Cl)cc1Cl. The quantitative estimate of drug-likeness (QED) is 0.915. The van der Waals surface area contributed by atoms with E-state index in [1.165, 1.54) is 18.2 Å². The van der Waals surface area contributed by atoms with Crippen LogP contribution in [0.2, 0.25) is 10.0 Å². The van der Waals surface area contributed by atoms with Crippen LogP contribution in [0.1, 0.15) is 11.1 Å². The number of aliphatic hydroxyl groups is 1. The highest BCUT2D eigenvalue weighted by molar-refractivity contribution is 6.35. The molecule has 2 rings (SSSR count). The number of carbonyl (C=O) groups excluding carboxylic acids is 1. The van der Waals surface area contributed by atoms with Gasteiger partial charge in [-0.1, -0.05) is 53.5 Å². The molecule has 0 bridgehead atoms. The lowest BCUT2D eigenvalue weighted by Gasteiger charge is -2.27. The van der Waals surface area contributed by atoms with Crippen LogP contribution in [-0.4, -0.2) is 11.0 Å². The minimum Gasteiger partial charge on any atom is -0.372 e. The zero-order valence-electron chi connectivity index (χ0n) is 10.1. The molecule has 3 N–H and O–H groups in total. The molecule has 1 unspecified atom stereocenters. The van der Waals surface area contributed by atoms with Gasteiger partial charge in [-0.05, 0) is 17.7 Å². The summed E-state index contributed by atoms with van der Waals surface area (Å²) in [7, 11) is 0. The Morgan fingerprint density at radius 3 is 2.30 bits per heavy atom. The van der Waals surface area contributed by atoms with Gasteiger partial charge in [-0.2, -0.15) is 0 Å². The summed E-state index contributed by atoms with van der Waals surface area (Å²) in [6, 6.07) is 9.96. The number of rotatable bonds is 3. The molecule has 2 aromatic carbocycles. The molecule has 0 fully saturated rings. The summed E-state index contributed by atoms with van der Waals surface area (Å²) in [6.07, 6.45) is 0. The van der Waals surface area contributed by atoms with Crippen molar-refractivity contribution in [2.24, 2.45) is 5.73 Å². The van der Waals surface area contributed by atoms with E-state index in [9.17, 15) is 14.3 Å². The number of nitrogens with two attached hydrogens (primary N) is 1. The summed E-state index contributed by atoms with van der Waals surface area (Å²) in [5, 5.41) is 10.5. The number of primary amides is 1. The average Bonchev–Trinajstić information content (AvgIpc) is 2.38. The van der Waals surface area contributed by atoms with E-state index in [0.717, 1.165) is 6.07 Å². The Labute approximate surface area is 124 Å². The van der Waals surface area contributed by atoms with Gasteiger partial charge < -0.3 is 10.8 Å². The molecule has 0 saturated heterocycles. The van der Waals surface area contributed by atoms with Gasteiger partial charge in [0.25, 0.3) is 5.91 Å². The van der Waals surface area contributed by atoms with E-state index in [-0.39, 0.29) is 15.6 Å². The molecule has 6 heteroatoms. The standard InChI is InChI=1S/C14H10Cl2FNO2/c15-9-6-10(16)12(11(17)7-9)14(20,13(18)19)8-4-2-1-3-5-8/h1-7,20H,(H2,18,19). The Balaban J connectivity index is 2.76. The molecule has 3 nitrogen and oxygen atoms in total. The summed E-state index contributed by atoms with van der Waals surface area (Å²) >= 11 is 11.6. The van der Waals surface area contributed by atoms with Gasteiger partial charge in [0.05, 0.1) is 10.6 Å². The summed E-state index contributed by atoms with van der Waals surface area (Å²) in [5.41, 5.74) is 2.60. The van der Waals surface area contributed by atoms with Crippen LogP contribution >= 0.6 is 23.2 Å². The number of halogens is 3. The van der Waals surface area contributed by atoms with Crippen LogP contribution in [0.25, 0.3) is 0 Å². The molecule has 20 heavy (non-hydrogen) atoms. The highest BCUT2D eigenvalue weighted by Crippen LogP contribution is 2.37. The Kier molecular flexibility index (Phi) is 3.99. The fourth-order valence-electron chi connectivity index (χ4n) is 1.98. The van der Waals surface area contributed by atoms with Gasteiger partial charge in [-0.15, -0.1) is 0 Å². The Bertz CT molecular complexity index is 640. The second-order valence-electron chi connectivity index (χ2n) is 4.19. The monoisotopic (exact) mass is 313 g/mol. The van der Waals surface area contributed by atoms with Crippen molar-refractivity contribution in [2.75, 3.05) is 0 Å². The molecule has 2 aromatic rings. The van der Waals surface area contributed by atoms with Crippen molar-refractivity contribution in [1.82, 2.24) is 0 Å². The maximum Gasteiger partial charge on any atom is 0.259 e. The topological polar surface area (TPSA) is 63.3 Å². The minimum absolute atomic E-state index is 0.0520. The predicted octanol–water partition coefficient (Wildman–Crippen LogP) is 2.85. The molecule has 0 aliphatic rings. The molecule has 0 aromatic heterocycles. The van der Waals surface area contributed by atoms with Crippen molar-refractivity contribution in [3.05, 3.63) is 69.5 Å². The Morgan fingerprint density at radius 2 is 1.80 bits per heavy atom. The van der Waals surface area contributed by atoms with Crippen LogP contribution in [0.5, 0.6) is 0 Å². The van der Waals surface area contributed by atoms with Crippen molar-refractivity contribution >= 4 is 29.1 Å². The summed E-state index contributed by atoms with van der Waals surface area (Å²) < 4.78 is 14.1. The lowest BCUT2D eigenvalue weighted by atomic mass is 9.85. The highest BCUT2D eigenvalue weighted by atomic mass is 35.5. The normalized spacial score (nSPS) is 13.8. The number of hydrogen-bond acceptors (Lipinski definition) is 2. The average molecular weight is 314 g/mol.